The summed E-state index contributed by atoms with van der Waals surface area (Å²) < 4.78 is 42.9. The third kappa shape index (κ3) is 3.04. The Hall–Kier alpha value is -0.940. The second kappa shape index (κ2) is 5.14. The number of benzene rings is 1. The Balaban J connectivity index is 3.56. The van der Waals surface area contributed by atoms with Gasteiger partial charge in [0.05, 0.1) is 24.1 Å². The molecule has 0 saturated carbocycles. The van der Waals surface area contributed by atoms with E-state index in [0.29, 0.717) is 6.07 Å². The molecule has 94 valence electrons. The maximum absolute atomic E-state index is 12.7. The van der Waals surface area contributed by atoms with Crippen molar-refractivity contribution in [3.63, 3.8) is 0 Å². The molecule has 0 radical (unpaired) electrons. The second-order valence-electron chi connectivity index (χ2n) is 3.09. The molecule has 0 bridgehead atoms. The van der Waals surface area contributed by atoms with Gasteiger partial charge in [-0.05, 0) is 12.1 Å². The Morgan fingerprint density at radius 2 is 2.00 bits per heavy atom. The molecule has 0 saturated heterocycles. The van der Waals surface area contributed by atoms with E-state index >= 15 is 0 Å². The predicted molar refractivity (Wildman–Crippen MR) is 58.1 cm³/mol. The van der Waals surface area contributed by atoms with Crippen LogP contribution in [0.2, 0.25) is 5.02 Å². The molecule has 2 nitrogen and oxygen atoms in total. The smallest absolute Gasteiger partial charge is 0.417 e. The lowest BCUT2D eigenvalue weighted by Gasteiger charge is -2.15. The number of alkyl halides is 4. The van der Waals surface area contributed by atoms with Crippen molar-refractivity contribution >= 4 is 29.0 Å². The lowest BCUT2D eigenvalue weighted by atomic mass is 10.0. The first-order chi connectivity index (χ1) is 7.81. The lowest BCUT2D eigenvalue weighted by molar-refractivity contribution is -0.138. The summed E-state index contributed by atoms with van der Waals surface area (Å²) in [5, 5.41) is -0.166. The Morgan fingerprint density at radius 3 is 2.41 bits per heavy atom. The van der Waals surface area contributed by atoms with E-state index in [4.69, 9.17) is 27.9 Å². The summed E-state index contributed by atoms with van der Waals surface area (Å²) >= 11 is 10.8. The topological polar surface area (TPSA) is 26.3 Å². The number of ketones is 1. The van der Waals surface area contributed by atoms with E-state index < -0.39 is 29.0 Å². The summed E-state index contributed by atoms with van der Waals surface area (Å²) in [5.41, 5.74) is -1.74. The maximum Gasteiger partial charge on any atom is 0.417 e. The molecule has 1 rings (SSSR count). The lowest BCUT2D eigenvalue weighted by Crippen LogP contribution is -2.15. The van der Waals surface area contributed by atoms with Crippen molar-refractivity contribution in [2.45, 2.75) is 6.18 Å². The molecule has 1 aromatic carbocycles. The van der Waals surface area contributed by atoms with Crippen LogP contribution in [0.5, 0.6) is 5.75 Å². The van der Waals surface area contributed by atoms with Crippen molar-refractivity contribution in [1.82, 2.24) is 0 Å². The first-order valence-corrected chi connectivity index (χ1v) is 5.26. The van der Waals surface area contributed by atoms with Gasteiger partial charge in [0.2, 0.25) is 0 Å². The summed E-state index contributed by atoms with van der Waals surface area (Å²) in [5.74, 6) is -1.68. The van der Waals surface area contributed by atoms with E-state index in [2.05, 4.69) is 0 Å². The first-order valence-electron chi connectivity index (χ1n) is 4.35. The number of hydrogen-bond donors (Lipinski definition) is 0. The molecule has 17 heavy (non-hydrogen) atoms. The number of hydrogen-bond acceptors (Lipinski definition) is 2. The van der Waals surface area contributed by atoms with Gasteiger partial charge >= 0.3 is 6.18 Å². The van der Waals surface area contributed by atoms with E-state index in [-0.39, 0.29) is 10.8 Å². The van der Waals surface area contributed by atoms with Gasteiger partial charge in [-0.15, -0.1) is 11.6 Å². The summed E-state index contributed by atoms with van der Waals surface area (Å²) in [6.45, 7) is 0. The Morgan fingerprint density at radius 1 is 1.41 bits per heavy atom. The molecule has 0 atom stereocenters. The Bertz CT molecular complexity index is 444. The molecule has 0 aliphatic heterocycles. The third-order valence-electron chi connectivity index (χ3n) is 1.99. The summed E-state index contributed by atoms with van der Waals surface area (Å²) in [6, 6.07) is 1.81. The molecule has 1 aromatic rings. The van der Waals surface area contributed by atoms with Crippen molar-refractivity contribution in [1.29, 1.82) is 0 Å². The molecule has 0 aliphatic rings. The minimum atomic E-state index is -4.70. The van der Waals surface area contributed by atoms with Crippen molar-refractivity contribution in [2.75, 3.05) is 13.0 Å². The molecule has 7 heteroatoms. The normalized spacial score (nSPS) is 11.4. The van der Waals surface area contributed by atoms with Crippen molar-refractivity contribution in [3.8, 4) is 5.75 Å². The van der Waals surface area contributed by atoms with Gasteiger partial charge in [0, 0.05) is 5.02 Å². The Labute approximate surface area is 105 Å². The largest absolute Gasteiger partial charge is 0.496 e. The highest BCUT2D eigenvalue weighted by Gasteiger charge is 2.37. The summed E-state index contributed by atoms with van der Waals surface area (Å²) in [4.78, 5) is 11.4. The number of ether oxygens (including phenoxy) is 1. The number of carbonyl (C=O) groups is 1. The minimum Gasteiger partial charge on any atom is -0.496 e. The standard InChI is InChI=1S/C10H7Cl2F3O2/c1-17-8-3-5(12)2-6(10(13,14)15)9(8)7(16)4-11/h2-3H,4H2,1H3. The zero-order chi connectivity index (χ0) is 13.2. The highest BCUT2D eigenvalue weighted by atomic mass is 35.5. The van der Waals surface area contributed by atoms with E-state index in [0.717, 1.165) is 13.2 Å². The SMILES string of the molecule is COc1cc(Cl)cc(C(F)(F)F)c1C(=O)CCl. The molecule has 0 unspecified atom stereocenters. The number of rotatable bonds is 3. The molecule has 0 amide bonds. The fraction of sp³-hybridized carbons (Fsp3) is 0.300. The number of halogens is 5. The molecule has 0 aromatic heterocycles. The van der Waals surface area contributed by atoms with Gasteiger partial charge in [-0.25, -0.2) is 0 Å². The third-order valence-corrected chi connectivity index (χ3v) is 2.45. The molecule has 0 fully saturated rings. The monoisotopic (exact) mass is 286 g/mol. The van der Waals surface area contributed by atoms with Crippen LogP contribution in [-0.4, -0.2) is 18.8 Å². The van der Waals surface area contributed by atoms with Crippen molar-refractivity contribution < 1.29 is 22.7 Å². The fourth-order valence-electron chi connectivity index (χ4n) is 1.32. The van der Waals surface area contributed by atoms with Crippen LogP contribution in [0, 0.1) is 0 Å². The number of carbonyl (C=O) groups excluding carboxylic acids is 1. The average molecular weight is 287 g/mol. The number of methoxy groups -OCH3 is 1. The molecular formula is C10H7Cl2F3O2. The van der Waals surface area contributed by atoms with Gasteiger partial charge in [0.1, 0.15) is 5.75 Å². The van der Waals surface area contributed by atoms with Gasteiger partial charge in [-0.2, -0.15) is 13.2 Å². The van der Waals surface area contributed by atoms with Gasteiger partial charge in [0.15, 0.2) is 5.78 Å². The van der Waals surface area contributed by atoms with Crippen LogP contribution in [0.15, 0.2) is 12.1 Å². The molecule has 0 spiro atoms. The van der Waals surface area contributed by atoms with E-state index in [9.17, 15) is 18.0 Å². The van der Waals surface area contributed by atoms with Crippen LogP contribution in [0.3, 0.4) is 0 Å². The van der Waals surface area contributed by atoms with Gasteiger partial charge < -0.3 is 4.74 Å². The van der Waals surface area contributed by atoms with Crippen LogP contribution in [0.1, 0.15) is 15.9 Å². The van der Waals surface area contributed by atoms with Crippen LogP contribution < -0.4 is 4.74 Å². The van der Waals surface area contributed by atoms with Crippen LogP contribution in [0.4, 0.5) is 13.2 Å². The zero-order valence-electron chi connectivity index (χ0n) is 8.57. The van der Waals surface area contributed by atoms with E-state index in [1.54, 1.807) is 0 Å². The highest BCUT2D eigenvalue weighted by Crippen LogP contribution is 2.38. The minimum absolute atomic E-state index is 0.166. The maximum atomic E-state index is 12.7. The number of Topliss-reactive ketones (excluding diaryl/α,β-unsaturated/α-hetero) is 1. The van der Waals surface area contributed by atoms with Crippen molar-refractivity contribution in [3.05, 3.63) is 28.3 Å². The first kappa shape index (κ1) is 14.1. The molecular weight excluding hydrogens is 280 g/mol. The summed E-state index contributed by atoms with van der Waals surface area (Å²) in [7, 11) is 1.15. The Kier molecular flexibility index (Phi) is 4.27. The van der Waals surface area contributed by atoms with E-state index in [1.165, 1.54) is 0 Å². The van der Waals surface area contributed by atoms with Gasteiger partial charge in [-0.3, -0.25) is 4.79 Å². The molecule has 0 heterocycles. The second-order valence-corrected chi connectivity index (χ2v) is 3.79. The van der Waals surface area contributed by atoms with Crippen LogP contribution in [-0.2, 0) is 6.18 Å². The zero-order valence-corrected chi connectivity index (χ0v) is 10.1. The van der Waals surface area contributed by atoms with Crippen LogP contribution >= 0.6 is 23.2 Å². The quantitative estimate of drug-likeness (QED) is 0.624. The highest BCUT2D eigenvalue weighted by molar-refractivity contribution is 6.32. The average Bonchev–Trinajstić information content (AvgIpc) is 2.25. The molecule has 0 N–H and O–H groups in total. The van der Waals surface area contributed by atoms with E-state index in [1.807, 2.05) is 0 Å². The predicted octanol–water partition coefficient (Wildman–Crippen LogP) is 3.79. The van der Waals surface area contributed by atoms with Crippen LogP contribution in [0.25, 0.3) is 0 Å². The molecule has 0 aliphatic carbocycles. The fourth-order valence-corrected chi connectivity index (χ4v) is 1.66. The summed E-state index contributed by atoms with van der Waals surface area (Å²) in [6.07, 6.45) is -4.70. The van der Waals surface area contributed by atoms with Gasteiger partial charge in [0.25, 0.3) is 0 Å². The van der Waals surface area contributed by atoms with Crippen molar-refractivity contribution in [2.24, 2.45) is 0 Å². The van der Waals surface area contributed by atoms with Gasteiger partial charge in [-0.1, -0.05) is 11.6 Å².